The molecule has 0 aliphatic carbocycles. The predicted octanol–water partition coefficient (Wildman–Crippen LogP) is 4.36. The van der Waals surface area contributed by atoms with Gasteiger partial charge >= 0.3 is 0 Å². The smallest absolute Gasteiger partial charge is 0.243 e. The number of benzene rings is 2. The summed E-state index contributed by atoms with van der Waals surface area (Å²) in [5, 5.41) is 3.01. The molecule has 1 aliphatic heterocycles. The Kier molecular flexibility index (Phi) is 6.75. The van der Waals surface area contributed by atoms with Crippen LogP contribution < -0.4 is 5.32 Å². The van der Waals surface area contributed by atoms with Crippen molar-refractivity contribution in [3.05, 3.63) is 58.7 Å². The third-order valence-electron chi connectivity index (χ3n) is 5.46. The van der Waals surface area contributed by atoms with Crippen molar-refractivity contribution in [1.82, 2.24) is 4.31 Å². The summed E-state index contributed by atoms with van der Waals surface area (Å²) in [4.78, 5) is 12.7. The molecule has 1 N–H and O–H groups in total. The van der Waals surface area contributed by atoms with Crippen molar-refractivity contribution in [3.63, 3.8) is 0 Å². The fourth-order valence-corrected chi connectivity index (χ4v) is 5.44. The molecule has 1 aliphatic rings. The molecular weight excluding hydrogens is 384 g/mol. The molecule has 3 rings (SSSR count). The molecule has 0 unspecified atom stereocenters. The van der Waals surface area contributed by atoms with Gasteiger partial charge in [0.05, 0.1) is 4.90 Å². The number of hydrogen-bond acceptors (Lipinski definition) is 3. The predicted molar refractivity (Wildman–Crippen MR) is 117 cm³/mol. The first-order valence-electron chi connectivity index (χ1n) is 10.2. The maximum absolute atomic E-state index is 12.7. The molecule has 5 nitrogen and oxygen atoms in total. The van der Waals surface area contributed by atoms with E-state index in [1.807, 2.05) is 32.9 Å². The van der Waals surface area contributed by atoms with Crippen LogP contribution >= 0.6 is 0 Å². The van der Waals surface area contributed by atoms with Crippen LogP contribution in [0.15, 0.2) is 41.3 Å². The minimum atomic E-state index is -3.41. The molecule has 0 bridgehead atoms. The number of anilines is 1. The van der Waals surface area contributed by atoms with E-state index < -0.39 is 10.0 Å². The van der Waals surface area contributed by atoms with Crippen LogP contribution in [0.2, 0.25) is 0 Å². The van der Waals surface area contributed by atoms with E-state index in [9.17, 15) is 13.2 Å². The summed E-state index contributed by atoms with van der Waals surface area (Å²) in [5.74, 6) is -0.0370. The molecule has 2 aromatic carbocycles. The van der Waals surface area contributed by atoms with Crippen molar-refractivity contribution < 1.29 is 13.2 Å². The number of nitrogens with zero attached hydrogens (tertiary/aromatic N) is 1. The van der Waals surface area contributed by atoms with Crippen LogP contribution in [-0.2, 0) is 21.2 Å². The summed E-state index contributed by atoms with van der Waals surface area (Å²) in [6.45, 7) is 7.24. The minimum absolute atomic E-state index is 0.0370. The average molecular weight is 415 g/mol. The molecule has 1 saturated heterocycles. The highest BCUT2D eigenvalue weighted by molar-refractivity contribution is 7.89. The van der Waals surface area contributed by atoms with Gasteiger partial charge in [0.15, 0.2) is 0 Å². The number of carbonyl (C=O) groups is 1. The zero-order valence-corrected chi connectivity index (χ0v) is 18.3. The Labute approximate surface area is 174 Å². The summed E-state index contributed by atoms with van der Waals surface area (Å²) < 4.78 is 27.0. The highest BCUT2D eigenvalue weighted by atomic mass is 32.2. The molecule has 0 radical (unpaired) electrons. The van der Waals surface area contributed by atoms with Gasteiger partial charge in [-0.05, 0) is 68.9 Å². The number of carbonyl (C=O) groups excluding carboxylic acids is 1. The summed E-state index contributed by atoms with van der Waals surface area (Å²) >= 11 is 0. The van der Waals surface area contributed by atoms with Gasteiger partial charge in [-0.2, -0.15) is 4.31 Å². The van der Waals surface area contributed by atoms with E-state index in [0.717, 1.165) is 41.6 Å². The van der Waals surface area contributed by atoms with Gasteiger partial charge in [0.25, 0.3) is 0 Å². The second kappa shape index (κ2) is 9.09. The number of piperidine rings is 1. The van der Waals surface area contributed by atoms with Crippen molar-refractivity contribution in [2.24, 2.45) is 0 Å². The van der Waals surface area contributed by atoms with Gasteiger partial charge in [0.2, 0.25) is 15.9 Å². The quantitative estimate of drug-likeness (QED) is 0.764. The number of rotatable bonds is 6. The fraction of sp³-hybridized carbons (Fsp3) is 0.435. The van der Waals surface area contributed by atoms with Crippen LogP contribution in [0, 0.1) is 20.8 Å². The normalized spacial score (nSPS) is 15.3. The lowest BCUT2D eigenvalue weighted by atomic mass is 10.0. The second-order valence-corrected chi connectivity index (χ2v) is 9.87. The van der Waals surface area contributed by atoms with E-state index in [-0.39, 0.29) is 5.91 Å². The van der Waals surface area contributed by atoms with Gasteiger partial charge in [-0.3, -0.25) is 4.79 Å². The van der Waals surface area contributed by atoms with Crippen molar-refractivity contribution in [2.45, 2.75) is 57.8 Å². The van der Waals surface area contributed by atoms with E-state index in [1.54, 1.807) is 16.4 Å². The van der Waals surface area contributed by atoms with E-state index >= 15 is 0 Å². The number of aryl methyl sites for hydroxylation is 4. The van der Waals surface area contributed by atoms with E-state index in [1.165, 1.54) is 5.56 Å². The first kappa shape index (κ1) is 21.5. The molecule has 1 fully saturated rings. The van der Waals surface area contributed by atoms with Crippen LogP contribution in [-0.4, -0.2) is 31.7 Å². The van der Waals surface area contributed by atoms with Crippen molar-refractivity contribution in [1.29, 1.82) is 0 Å². The van der Waals surface area contributed by atoms with Gasteiger partial charge in [0.1, 0.15) is 0 Å². The maximum Gasteiger partial charge on any atom is 0.243 e. The standard InChI is InChI=1S/C23H30N2O3S/c1-17-15-18(2)23(19(3)16-17)24-22(26)12-9-20-7-10-21(11-8-20)29(27,28)25-13-5-4-6-14-25/h7-8,10-11,15-16H,4-6,9,12-14H2,1-3H3,(H,24,26). The summed E-state index contributed by atoms with van der Waals surface area (Å²) in [5.41, 5.74) is 5.13. The first-order chi connectivity index (χ1) is 13.8. The summed E-state index contributed by atoms with van der Waals surface area (Å²) in [7, 11) is -3.41. The van der Waals surface area contributed by atoms with Crippen molar-refractivity contribution >= 4 is 21.6 Å². The molecule has 156 valence electrons. The molecular formula is C23H30N2O3S. The molecule has 0 aromatic heterocycles. The fourth-order valence-electron chi connectivity index (χ4n) is 3.92. The van der Waals surface area contributed by atoms with Crippen LogP contribution in [0.4, 0.5) is 5.69 Å². The Morgan fingerprint density at radius 3 is 2.14 bits per heavy atom. The molecule has 2 aromatic rings. The molecule has 29 heavy (non-hydrogen) atoms. The molecule has 0 atom stereocenters. The van der Waals surface area contributed by atoms with Crippen LogP contribution in [0.3, 0.4) is 0 Å². The lowest BCUT2D eigenvalue weighted by Gasteiger charge is -2.25. The lowest BCUT2D eigenvalue weighted by molar-refractivity contribution is -0.116. The minimum Gasteiger partial charge on any atom is -0.326 e. The van der Waals surface area contributed by atoms with Gasteiger partial charge in [-0.25, -0.2) is 8.42 Å². The van der Waals surface area contributed by atoms with Gasteiger partial charge < -0.3 is 5.32 Å². The van der Waals surface area contributed by atoms with Crippen LogP contribution in [0.25, 0.3) is 0 Å². The van der Waals surface area contributed by atoms with E-state index in [2.05, 4.69) is 17.4 Å². The number of nitrogens with one attached hydrogen (secondary N) is 1. The van der Waals surface area contributed by atoms with E-state index in [0.29, 0.717) is 30.8 Å². The monoisotopic (exact) mass is 414 g/mol. The Morgan fingerprint density at radius 2 is 1.55 bits per heavy atom. The Balaban J connectivity index is 1.60. The maximum atomic E-state index is 12.7. The molecule has 0 spiro atoms. The topological polar surface area (TPSA) is 66.5 Å². The second-order valence-electron chi connectivity index (χ2n) is 7.93. The molecule has 1 heterocycles. The highest BCUT2D eigenvalue weighted by Crippen LogP contribution is 2.23. The van der Waals surface area contributed by atoms with E-state index in [4.69, 9.17) is 0 Å². The summed E-state index contributed by atoms with van der Waals surface area (Å²) in [6, 6.07) is 11.1. The number of sulfonamides is 1. The van der Waals surface area contributed by atoms with Gasteiger partial charge in [-0.1, -0.05) is 36.2 Å². The van der Waals surface area contributed by atoms with Crippen LogP contribution in [0.5, 0.6) is 0 Å². The largest absolute Gasteiger partial charge is 0.326 e. The third kappa shape index (κ3) is 5.25. The number of hydrogen-bond donors (Lipinski definition) is 1. The van der Waals surface area contributed by atoms with Crippen molar-refractivity contribution in [3.8, 4) is 0 Å². The average Bonchev–Trinajstić information content (AvgIpc) is 2.70. The zero-order valence-electron chi connectivity index (χ0n) is 17.5. The molecule has 0 saturated carbocycles. The summed E-state index contributed by atoms with van der Waals surface area (Å²) in [6.07, 6.45) is 3.86. The van der Waals surface area contributed by atoms with Crippen molar-refractivity contribution in [2.75, 3.05) is 18.4 Å². The Hall–Kier alpha value is -2.18. The zero-order chi connectivity index (χ0) is 21.0. The van der Waals surface area contributed by atoms with Gasteiger partial charge in [-0.15, -0.1) is 0 Å². The molecule has 6 heteroatoms. The molecule has 1 amide bonds. The van der Waals surface area contributed by atoms with Gasteiger partial charge in [0, 0.05) is 25.2 Å². The Bertz CT molecular complexity index is 953. The first-order valence-corrected chi connectivity index (χ1v) is 11.7. The third-order valence-corrected chi connectivity index (χ3v) is 7.37. The number of amides is 1. The SMILES string of the molecule is Cc1cc(C)c(NC(=O)CCc2ccc(S(=O)(=O)N3CCCCC3)cc2)c(C)c1. The Morgan fingerprint density at radius 1 is 0.966 bits per heavy atom. The highest BCUT2D eigenvalue weighted by Gasteiger charge is 2.25. The van der Waals surface area contributed by atoms with Crippen LogP contribution in [0.1, 0.15) is 47.9 Å². The lowest BCUT2D eigenvalue weighted by Crippen LogP contribution is -2.35.